The smallest absolute Gasteiger partial charge is 0.251 e. The Morgan fingerprint density at radius 1 is 1.33 bits per heavy atom. The first-order valence-electron chi connectivity index (χ1n) is 5.40. The van der Waals surface area contributed by atoms with Gasteiger partial charge in [-0.15, -0.1) is 11.3 Å². The second kappa shape index (κ2) is 5.05. The standard InChI is InChI=1S/C12H14N4OS/c1-7-5-15-11(18-7)6-16-12(17)8-2-9(13)4-10(14)3-8/h2-5H,6,13-14H2,1H3,(H,16,17). The van der Waals surface area contributed by atoms with Crippen molar-refractivity contribution in [3.8, 4) is 0 Å². The molecule has 0 radical (unpaired) electrons. The molecule has 18 heavy (non-hydrogen) atoms. The minimum atomic E-state index is -0.207. The third-order valence-electron chi connectivity index (χ3n) is 2.31. The number of rotatable bonds is 3. The molecule has 0 fully saturated rings. The number of hydrogen-bond acceptors (Lipinski definition) is 5. The first kappa shape index (κ1) is 12.4. The van der Waals surface area contributed by atoms with Crippen LogP contribution in [0.2, 0.25) is 0 Å². The molecule has 2 rings (SSSR count). The molecule has 0 unspecified atom stereocenters. The number of nitrogens with zero attached hydrogens (tertiary/aromatic N) is 1. The van der Waals surface area contributed by atoms with Gasteiger partial charge in [0.2, 0.25) is 0 Å². The van der Waals surface area contributed by atoms with Gasteiger partial charge in [0, 0.05) is 28.0 Å². The molecule has 0 saturated heterocycles. The number of aromatic nitrogens is 1. The molecule has 5 N–H and O–H groups in total. The molecule has 6 heteroatoms. The Morgan fingerprint density at radius 3 is 2.56 bits per heavy atom. The van der Waals surface area contributed by atoms with Crippen LogP contribution in [0.3, 0.4) is 0 Å². The van der Waals surface area contributed by atoms with E-state index in [2.05, 4.69) is 10.3 Å². The summed E-state index contributed by atoms with van der Waals surface area (Å²) in [6.07, 6.45) is 1.78. The van der Waals surface area contributed by atoms with Crippen LogP contribution in [0.15, 0.2) is 24.4 Å². The number of anilines is 2. The van der Waals surface area contributed by atoms with Gasteiger partial charge in [-0.3, -0.25) is 4.79 Å². The van der Waals surface area contributed by atoms with Gasteiger partial charge in [0.25, 0.3) is 5.91 Å². The van der Waals surface area contributed by atoms with E-state index in [1.807, 2.05) is 6.92 Å². The summed E-state index contributed by atoms with van der Waals surface area (Å²) in [6, 6.07) is 4.80. The van der Waals surface area contributed by atoms with Crippen molar-refractivity contribution in [1.29, 1.82) is 0 Å². The highest BCUT2D eigenvalue weighted by Gasteiger charge is 2.08. The molecule has 2 aromatic rings. The number of amides is 1. The average Bonchev–Trinajstić information content (AvgIpc) is 2.70. The van der Waals surface area contributed by atoms with Crippen molar-refractivity contribution in [2.75, 3.05) is 11.5 Å². The Morgan fingerprint density at radius 2 is 2.00 bits per heavy atom. The van der Waals surface area contributed by atoms with Gasteiger partial charge in [-0.25, -0.2) is 4.98 Å². The van der Waals surface area contributed by atoms with Crippen LogP contribution in [0.1, 0.15) is 20.2 Å². The first-order chi connectivity index (χ1) is 8.54. The van der Waals surface area contributed by atoms with Crippen LogP contribution < -0.4 is 16.8 Å². The zero-order valence-corrected chi connectivity index (χ0v) is 10.8. The van der Waals surface area contributed by atoms with Gasteiger partial charge in [0.15, 0.2) is 0 Å². The molecular formula is C12H14N4OS. The summed E-state index contributed by atoms with van der Waals surface area (Å²) in [7, 11) is 0. The SMILES string of the molecule is Cc1cnc(CNC(=O)c2cc(N)cc(N)c2)s1. The average molecular weight is 262 g/mol. The quantitative estimate of drug-likeness (QED) is 0.731. The molecule has 1 aromatic carbocycles. The summed E-state index contributed by atoms with van der Waals surface area (Å²) in [4.78, 5) is 17.2. The highest BCUT2D eigenvalue weighted by Crippen LogP contribution is 2.14. The van der Waals surface area contributed by atoms with Gasteiger partial charge >= 0.3 is 0 Å². The van der Waals surface area contributed by atoms with Gasteiger partial charge in [-0.1, -0.05) is 0 Å². The minimum Gasteiger partial charge on any atom is -0.399 e. The molecule has 0 aliphatic rings. The van der Waals surface area contributed by atoms with Crippen LogP contribution in [0.5, 0.6) is 0 Å². The zero-order chi connectivity index (χ0) is 13.1. The number of thiazole rings is 1. The molecule has 0 saturated carbocycles. The number of benzene rings is 1. The number of carbonyl (C=O) groups excluding carboxylic acids is 1. The molecular weight excluding hydrogens is 248 g/mol. The van der Waals surface area contributed by atoms with Crippen molar-refractivity contribution < 1.29 is 4.79 Å². The van der Waals surface area contributed by atoms with Crippen molar-refractivity contribution in [3.63, 3.8) is 0 Å². The third kappa shape index (κ3) is 2.98. The maximum atomic E-state index is 11.9. The molecule has 1 amide bonds. The Bertz CT molecular complexity index is 559. The van der Waals surface area contributed by atoms with E-state index in [0.29, 0.717) is 23.5 Å². The molecule has 5 nitrogen and oxygen atoms in total. The van der Waals surface area contributed by atoms with E-state index >= 15 is 0 Å². The monoisotopic (exact) mass is 262 g/mol. The Labute approximate surface area is 109 Å². The van der Waals surface area contributed by atoms with Crippen molar-refractivity contribution in [3.05, 3.63) is 39.8 Å². The van der Waals surface area contributed by atoms with Crippen molar-refractivity contribution >= 4 is 28.6 Å². The van der Waals surface area contributed by atoms with Gasteiger partial charge in [0.05, 0.1) is 6.54 Å². The molecule has 0 aliphatic carbocycles. The van der Waals surface area contributed by atoms with Crippen molar-refractivity contribution in [2.45, 2.75) is 13.5 Å². The van der Waals surface area contributed by atoms with Gasteiger partial charge in [-0.2, -0.15) is 0 Å². The van der Waals surface area contributed by atoms with E-state index in [0.717, 1.165) is 9.88 Å². The van der Waals surface area contributed by atoms with Crippen molar-refractivity contribution in [1.82, 2.24) is 10.3 Å². The lowest BCUT2D eigenvalue weighted by atomic mass is 10.1. The van der Waals surface area contributed by atoms with Crippen LogP contribution in [0.25, 0.3) is 0 Å². The summed E-state index contributed by atoms with van der Waals surface area (Å²) in [6.45, 7) is 2.38. The maximum Gasteiger partial charge on any atom is 0.251 e. The first-order valence-corrected chi connectivity index (χ1v) is 6.22. The van der Waals surface area contributed by atoms with Crippen LogP contribution in [0, 0.1) is 6.92 Å². The Kier molecular flexibility index (Phi) is 3.47. The number of hydrogen-bond donors (Lipinski definition) is 3. The highest BCUT2D eigenvalue weighted by molar-refractivity contribution is 7.11. The Hall–Kier alpha value is -2.08. The van der Waals surface area contributed by atoms with E-state index in [4.69, 9.17) is 11.5 Å². The van der Waals surface area contributed by atoms with Crippen molar-refractivity contribution in [2.24, 2.45) is 0 Å². The summed E-state index contributed by atoms with van der Waals surface area (Å²) < 4.78 is 0. The lowest BCUT2D eigenvalue weighted by Gasteiger charge is -2.05. The van der Waals surface area contributed by atoms with Crippen LogP contribution in [0.4, 0.5) is 11.4 Å². The van der Waals surface area contributed by atoms with Crippen LogP contribution in [-0.2, 0) is 6.54 Å². The summed E-state index contributed by atoms with van der Waals surface area (Å²) >= 11 is 1.56. The van der Waals surface area contributed by atoms with E-state index in [1.165, 1.54) is 0 Å². The Balaban J connectivity index is 2.03. The number of carbonyl (C=O) groups is 1. The van der Waals surface area contributed by atoms with Crippen LogP contribution in [-0.4, -0.2) is 10.9 Å². The van der Waals surface area contributed by atoms with Crippen LogP contribution >= 0.6 is 11.3 Å². The molecule has 1 aromatic heterocycles. The third-order valence-corrected chi connectivity index (χ3v) is 3.22. The fourth-order valence-corrected chi connectivity index (χ4v) is 2.28. The molecule has 0 bridgehead atoms. The van der Waals surface area contributed by atoms with E-state index in [9.17, 15) is 4.79 Å². The second-order valence-corrected chi connectivity index (χ2v) is 5.26. The molecule has 0 spiro atoms. The lowest BCUT2D eigenvalue weighted by molar-refractivity contribution is 0.0951. The van der Waals surface area contributed by atoms with E-state index in [1.54, 1.807) is 35.7 Å². The lowest BCUT2D eigenvalue weighted by Crippen LogP contribution is -2.22. The van der Waals surface area contributed by atoms with E-state index < -0.39 is 0 Å². The fraction of sp³-hybridized carbons (Fsp3) is 0.167. The molecule has 0 atom stereocenters. The predicted molar refractivity (Wildman–Crippen MR) is 73.3 cm³/mol. The predicted octanol–water partition coefficient (Wildman–Crippen LogP) is 1.55. The zero-order valence-electron chi connectivity index (χ0n) is 9.93. The summed E-state index contributed by atoms with van der Waals surface area (Å²) in [5.41, 5.74) is 12.7. The molecule has 0 aliphatic heterocycles. The topological polar surface area (TPSA) is 94.0 Å². The largest absolute Gasteiger partial charge is 0.399 e. The summed E-state index contributed by atoms with van der Waals surface area (Å²) in [5.74, 6) is -0.207. The van der Waals surface area contributed by atoms with E-state index in [-0.39, 0.29) is 5.91 Å². The normalized spacial score (nSPS) is 10.3. The molecule has 1 heterocycles. The number of nitrogens with one attached hydrogen (secondary N) is 1. The molecule has 94 valence electrons. The van der Waals surface area contributed by atoms with Gasteiger partial charge in [-0.05, 0) is 25.1 Å². The highest BCUT2D eigenvalue weighted by atomic mass is 32.1. The number of nitrogen functional groups attached to an aromatic ring is 2. The number of aryl methyl sites for hydroxylation is 1. The minimum absolute atomic E-state index is 0.207. The van der Waals surface area contributed by atoms with Gasteiger partial charge < -0.3 is 16.8 Å². The fourth-order valence-electron chi connectivity index (χ4n) is 1.55. The summed E-state index contributed by atoms with van der Waals surface area (Å²) in [5, 5.41) is 3.65. The van der Waals surface area contributed by atoms with Gasteiger partial charge in [0.1, 0.15) is 5.01 Å². The maximum absolute atomic E-state index is 11.9. The number of nitrogens with two attached hydrogens (primary N) is 2. The second-order valence-electron chi connectivity index (χ2n) is 3.94.